The highest BCUT2D eigenvalue weighted by Crippen LogP contribution is 2.40. The van der Waals surface area contributed by atoms with Crippen molar-refractivity contribution >= 4 is 11.8 Å². The van der Waals surface area contributed by atoms with Gasteiger partial charge in [0.1, 0.15) is 0 Å². The van der Waals surface area contributed by atoms with Crippen LogP contribution in [0.1, 0.15) is 50.1 Å². The van der Waals surface area contributed by atoms with Gasteiger partial charge in [0.25, 0.3) is 0 Å². The van der Waals surface area contributed by atoms with Crippen molar-refractivity contribution in [2.75, 3.05) is 0 Å². The van der Waals surface area contributed by atoms with Crippen molar-refractivity contribution in [3.63, 3.8) is 0 Å². The highest BCUT2D eigenvalue weighted by atomic mass is 16.2. The van der Waals surface area contributed by atoms with E-state index in [1.807, 2.05) is 18.2 Å². The molecule has 4 rings (SSSR count). The summed E-state index contributed by atoms with van der Waals surface area (Å²) in [5, 5.41) is 3.11. The molecule has 3 aliphatic rings. The first-order valence-corrected chi connectivity index (χ1v) is 8.28. The maximum Gasteiger partial charge on any atom is 0.223 e. The van der Waals surface area contributed by atoms with Crippen LogP contribution in [-0.4, -0.2) is 11.8 Å². The van der Waals surface area contributed by atoms with Crippen LogP contribution in [0.25, 0.3) is 0 Å². The van der Waals surface area contributed by atoms with E-state index in [4.69, 9.17) is 5.73 Å². The Morgan fingerprint density at radius 1 is 1.14 bits per heavy atom. The van der Waals surface area contributed by atoms with Crippen LogP contribution < -0.4 is 11.1 Å². The highest BCUT2D eigenvalue weighted by Gasteiger charge is 2.36. The minimum atomic E-state index is -0.130. The van der Waals surface area contributed by atoms with Gasteiger partial charge in [-0.15, -0.1) is 0 Å². The minimum Gasteiger partial charge on any atom is -0.369 e. The van der Waals surface area contributed by atoms with Gasteiger partial charge in [-0.2, -0.15) is 0 Å². The number of benzene rings is 1. The van der Waals surface area contributed by atoms with Crippen LogP contribution in [0.5, 0.6) is 0 Å². The Kier molecular flexibility index (Phi) is 4.46. The largest absolute Gasteiger partial charge is 0.369 e. The summed E-state index contributed by atoms with van der Waals surface area (Å²) in [7, 11) is 0. The molecule has 3 N–H and O–H groups in total. The summed E-state index contributed by atoms with van der Waals surface area (Å²) in [6, 6.07) is 10.5. The van der Waals surface area contributed by atoms with Crippen LogP contribution in [0.3, 0.4) is 0 Å². The zero-order chi connectivity index (χ0) is 15.5. The van der Waals surface area contributed by atoms with Gasteiger partial charge in [0.05, 0.1) is 6.04 Å². The Balaban J connectivity index is 0.000000202. The summed E-state index contributed by atoms with van der Waals surface area (Å²) in [4.78, 5) is 21.8. The Labute approximate surface area is 131 Å². The van der Waals surface area contributed by atoms with Crippen molar-refractivity contribution in [2.24, 2.45) is 23.5 Å². The number of rotatable bonds is 4. The molecule has 0 bridgehead atoms. The number of carbonyl (C=O) groups excluding carboxylic acids is 2. The van der Waals surface area contributed by atoms with E-state index in [-0.39, 0.29) is 29.7 Å². The van der Waals surface area contributed by atoms with Gasteiger partial charge >= 0.3 is 0 Å². The number of amides is 2. The van der Waals surface area contributed by atoms with Gasteiger partial charge in [-0.05, 0) is 37.2 Å². The van der Waals surface area contributed by atoms with Gasteiger partial charge in [-0.25, -0.2) is 0 Å². The standard InChI is InChI=1S/C14H17NO.C4H7NO/c16-14-12(8-10-6-7-10)9-13(15-14)11-4-2-1-3-5-11;5-4(6)3-1-2-3/h1-5,10,12-13H,6-9H2,(H,15,16);3H,1-2H2,(H2,5,6). The molecule has 22 heavy (non-hydrogen) atoms. The second kappa shape index (κ2) is 6.51. The number of hydrogen-bond acceptors (Lipinski definition) is 2. The summed E-state index contributed by atoms with van der Waals surface area (Å²) in [5.41, 5.74) is 6.10. The summed E-state index contributed by atoms with van der Waals surface area (Å²) in [6.45, 7) is 0. The van der Waals surface area contributed by atoms with Crippen molar-refractivity contribution < 1.29 is 9.59 Å². The molecule has 1 aromatic rings. The third-order valence-electron chi connectivity index (χ3n) is 4.70. The zero-order valence-corrected chi connectivity index (χ0v) is 12.8. The first kappa shape index (κ1) is 15.1. The molecule has 2 aliphatic carbocycles. The van der Waals surface area contributed by atoms with E-state index >= 15 is 0 Å². The fourth-order valence-corrected chi connectivity index (χ4v) is 2.97. The van der Waals surface area contributed by atoms with Crippen LogP contribution in [0.4, 0.5) is 0 Å². The van der Waals surface area contributed by atoms with Crippen LogP contribution in [0, 0.1) is 17.8 Å². The lowest BCUT2D eigenvalue weighted by Crippen LogP contribution is -2.21. The quantitative estimate of drug-likeness (QED) is 0.897. The van der Waals surface area contributed by atoms with E-state index in [1.54, 1.807) is 0 Å². The number of hydrogen-bond donors (Lipinski definition) is 2. The average Bonchev–Trinajstić information content (AvgIpc) is 3.41. The first-order valence-electron chi connectivity index (χ1n) is 8.28. The molecule has 1 heterocycles. The normalized spacial score (nSPS) is 26.8. The first-order chi connectivity index (χ1) is 10.6. The maximum atomic E-state index is 11.8. The van der Waals surface area contributed by atoms with E-state index in [2.05, 4.69) is 17.4 Å². The van der Waals surface area contributed by atoms with Crippen LogP contribution in [0.15, 0.2) is 30.3 Å². The van der Waals surface area contributed by atoms with Crippen LogP contribution >= 0.6 is 0 Å². The van der Waals surface area contributed by atoms with Gasteiger partial charge < -0.3 is 11.1 Å². The fourth-order valence-electron chi connectivity index (χ4n) is 2.97. The molecule has 0 aromatic heterocycles. The third-order valence-corrected chi connectivity index (χ3v) is 4.70. The number of nitrogens with two attached hydrogens (primary N) is 1. The van der Waals surface area contributed by atoms with E-state index < -0.39 is 0 Å². The molecule has 1 aromatic carbocycles. The van der Waals surface area contributed by atoms with Crippen molar-refractivity contribution in [1.82, 2.24) is 5.32 Å². The lowest BCUT2D eigenvalue weighted by atomic mass is 9.95. The van der Waals surface area contributed by atoms with E-state index in [0.717, 1.165) is 31.6 Å². The van der Waals surface area contributed by atoms with Crippen LogP contribution in [-0.2, 0) is 9.59 Å². The molecule has 1 aliphatic heterocycles. The molecule has 118 valence electrons. The Hall–Kier alpha value is -1.84. The summed E-state index contributed by atoms with van der Waals surface area (Å²) in [5.74, 6) is 1.48. The summed E-state index contributed by atoms with van der Waals surface area (Å²) >= 11 is 0. The van der Waals surface area contributed by atoms with Gasteiger partial charge in [-0.3, -0.25) is 9.59 Å². The van der Waals surface area contributed by atoms with Crippen molar-refractivity contribution in [3.05, 3.63) is 35.9 Å². The molecule has 0 radical (unpaired) electrons. The Morgan fingerprint density at radius 2 is 1.82 bits per heavy atom. The smallest absolute Gasteiger partial charge is 0.223 e. The van der Waals surface area contributed by atoms with Crippen molar-refractivity contribution in [2.45, 2.75) is 44.6 Å². The molecule has 2 saturated carbocycles. The molecule has 2 unspecified atom stereocenters. The van der Waals surface area contributed by atoms with Crippen molar-refractivity contribution in [1.29, 1.82) is 0 Å². The SMILES string of the molecule is NC(=O)C1CC1.O=C1NC(c2ccccc2)CC1CC1CC1. The maximum absolute atomic E-state index is 11.8. The molecular formula is C18H24N2O2. The molecule has 4 heteroatoms. The topological polar surface area (TPSA) is 72.2 Å². The van der Waals surface area contributed by atoms with Crippen molar-refractivity contribution in [3.8, 4) is 0 Å². The van der Waals surface area contributed by atoms with Gasteiger partial charge in [-0.1, -0.05) is 43.2 Å². The number of carbonyl (C=O) groups is 2. The number of primary amides is 1. The van der Waals surface area contributed by atoms with Gasteiger partial charge in [0, 0.05) is 11.8 Å². The molecule has 1 saturated heterocycles. The van der Waals surface area contributed by atoms with E-state index in [9.17, 15) is 9.59 Å². The van der Waals surface area contributed by atoms with Crippen LogP contribution in [0.2, 0.25) is 0 Å². The summed E-state index contributed by atoms with van der Waals surface area (Å²) < 4.78 is 0. The number of nitrogens with one attached hydrogen (secondary N) is 1. The fraction of sp³-hybridized carbons (Fsp3) is 0.556. The molecule has 2 atom stereocenters. The molecular weight excluding hydrogens is 276 g/mol. The lowest BCUT2D eigenvalue weighted by Gasteiger charge is -2.09. The van der Waals surface area contributed by atoms with E-state index in [0.29, 0.717) is 0 Å². The lowest BCUT2D eigenvalue weighted by molar-refractivity contribution is -0.123. The second-order valence-corrected chi connectivity index (χ2v) is 6.76. The monoisotopic (exact) mass is 300 g/mol. The Bertz CT molecular complexity index is 535. The Morgan fingerprint density at radius 3 is 2.32 bits per heavy atom. The third kappa shape index (κ3) is 4.09. The van der Waals surface area contributed by atoms with Gasteiger partial charge in [0.15, 0.2) is 0 Å². The molecule has 0 spiro atoms. The van der Waals surface area contributed by atoms with E-state index in [1.165, 1.54) is 18.4 Å². The zero-order valence-electron chi connectivity index (χ0n) is 12.8. The molecule has 4 nitrogen and oxygen atoms in total. The predicted molar refractivity (Wildman–Crippen MR) is 84.7 cm³/mol. The summed E-state index contributed by atoms with van der Waals surface area (Å²) in [6.07, 6.45) is 6.80. The second-order valence-electron chi connectivity index (χ2n) is 6.76. The molecule has 3 fully saturated rings. The average molecular weight is 300 g/mol. The molecule has 2 amide bonds. The van der Waals surface area contributed by atoms with Gasteiger partial charge in [0.2, 0.25) is 11.8 Å². The minimum absolute atomic E-state index is 0.130. The predicted octanol–water partition coefficient (Wildman–Crippen LogP) is 2.55. The highest BCUT2D eigenvalue weighted by molar-refractivity contribution is 5.81.